The van der Waals surface area contributed by atoms with Crippen LogP contribution in [0.15, 0.2) is 39.8 Å². The van der Waals surface area contributed by atoms with Gasteiger partial charge in [-0.3, -0.25) is 4.99 Å². The van der Waals surface area contributed by atoms with E-state index in [1.165, 1.54) is 11.1 Å². The van der Waals surface area contributed by atoms with Crippen molar-refractivity contribution in [1.82, 2.24) is 15.8 Å². The van der Waals surface area contributed by atoms with E-state index in [0.29, 0.717) is 6.54 Å². The molecule has 0 radical (unpaired) electrons. The van der Waals surface area contributed by atoms with Gasteiger partial charge in [-0.25, -0.2) is 0 Å². The molecule has 0 saturated heterocycles. The fourth-order valence-corrected chi connectivity index (χ4v) is 2.82. The lowest BCUT2D eigenvalue weighted by Gasteiger charge is -2.13. The van der Waals surface area contributed by atoms with Crippen molar-refractivity contribution in [1.29, 1.82) is 0 Å². The summed E-state index contributed by atoms with van der Waals surface area (Å²) in [4.78, 5) is 4.71. The van der Waals surface area contributed by atoms with E-state index in [1.807, 2.05) is 19.9 Å². The van der Waals surface area contributed by atoms with Crippen LogP contribution in [0.1, 0.15) is 42.3 Å². The molecular formula is C19H29IN4O. The van der Waals surface area contributed by atoms with Gasteiger partial charge in [0.15, 0.2) is 5.96 Å². The van der Waals surface area contributed by atoms with Crippen LogP contribution in [0.3, 0.4) is 0 Å². The van der Waals surface area contributed by atoms with Gasteiger partial charge in [-0.2, -0.15) is 0 Å². The molecule has 2 aromatic rings. The summed E-state index contributed by atoms with van der Waals surface area (Å²) in [6, 6.07) is 10.5. The predicted octanol–water partition coefficient (Wildman–Crippen LogP) is 3.81. The fraction of sp³-hybridized carbons (Fsp3) is 0.474. The van der Waals surface area contributed by atoms with E-state index in [-0.39, 0.29) is 29.9 Å². The highest BCUT2D eigenvalue weighted by atomic mass is 127. The molecule has 5 nitrogen and oxygen atoms in total. The average molecular weight is 456 g/mol. The van der Waals surface area contributed by atoms with Crippen LogP contribution in [0, 0.1) is 13.8 Å². The van der Waals surface area contributed by atoms with E-state index in [4.69, 9.17) is 9.52 Å². The highest BCUT2D eigenvalue weighted by Gasteiger charge is 2.16. The summed E-state index contributed by atoms with van der Waals surface area (Å²) in [5, 5.41) is 10.7. The molecule has 0 aliphatic heterocycles. The van der Waals surface area contributed by atoms with E-state index in [0.717, 1.165) is 36.9 Å². The summed E-state index contributed by atoms with van der Waals surface area (Å²) in [6.45, 7) is 10.6. The summed E-state index contributed by atoms with van der Waals surface area (Å²) in [5.74, 6) is 2.02. The van der Waals surface area contributed by atoms with E-state index < -0.39 is 0 Å². The zero-order chi connectivity index (χ0) is 17.4. The molecule has 1 heterocycles. The number of rotatable bonds is 7. The molecule has 6 heteroatoms. The number of halogens is 1. The molecule has 0 bridgehead atoms. The van der Waals surface area contributed by atoms with Crippen molar-refractivity contribution >= 4 is 29.9 Å². The van der Waals surface area contributed by atoms with Gasteiger partial charge in [0, 0.05) is 31.1 Å². The summed E-state index contributed by atoms with van der Waals surface area (Å²) in [7, 11) is 0. The Balaban J connectivity index is 0.00000312. The lowest BCUT2D eigenvalue weighted by molar-refractivity contribution is 0.391. The van der Waals surface area contributed by atoms with Crippen molar-refractivity contribution < 1.29 is 4.52 Å². The van der Waals surface area contributed by atoms with E-state index in [1.54, 1.807) is 0 Å². The van der Waals surface area contributed by atoms with Gasteiger partial charge >= 0.3 is 0 Å². The van der Waals surface area contributed by atoms with Crippen molar-refractivity contribution in [2.75, 3.05) is 19.6 Å². The number of aromatic nitrogens is 1. The predicted molar refractivity (Wildman–Crippen MR) is 114 cm³/mol. The highest BCUT2D eigenvalue weighted by Crippen LogP contribution is 2.23. The van der Waals surface area contributed by atoms with Crippen LogP contribution in [0.2, 0.25) is 0 Å². The van der Waals surface area contributed by atoms with Crippen molar-refractivity contribution in [2.24, 2.45) is 4.99 Å². The summed E-state index contributed by atoms with van der Waals surface area (Å²) in [5.41, 5.74) is 3.45. The zero-order valence-electron chi connectivity index (χ0n) is 15.5. The Morgan fingerprint density at radius 1 is 1.20 bits per heavy atom. The third kappa shape index (κ3) is 6.68. The van der Waals surface area contributed by atoms with Crippen molar-refractivity contribution in [2.45, 2.75) is 40.0 Å². The maximum Gasteiger partial charge on any atom is 0.191 e. The molecule has 1 aromatic heterocycles. The monoisotopic (exact) mass is 456 g/mol. The number of hydrogen-bond donors (Lipinski definition) is 2. The lowest BCUT2D eigenvalue weighted by Crippen LogP contribution is -2.38. The number of hydrogen-bond acceptors (Lipinski definition) is 3. The average Bonchev–Trinajstić information content (AvgIpc) is 2.92. The number of aryl methyl sites for hydroxylation is 2. The van der Waals surface area contributed by atoms with Crippen LogP contribution in [0.4, 0.5) is 0 Å². The summed E-state index contributed by atoms with van der Waals surface area (Å²) >= 11 is 0. The summed E-state index contributed by atoms with van der Waals surface area (Å²) in [6.07, 6.45) is 0.977. The Morgan fingerprint density at radius 2 is 1.92 bits per heavy atom. The molecule has 2 rings (SSSR count). The molecule has 0 amide bonds. The Morgan fingerprint density at radius 3 is 2.52 bits per heavy atom. The summed E-state index contributed by atoms with van der Waals surface area (Å²) < 4.78 is 5.25. The minimum atomic E-state index is 0. The van der Waals surface area contributed by atoms with Crippen molar-refractivity contribution in [3.63, 3.8) is 0 Å². The van der Waals surface area contributed by atoms with E-state index >= 15 is 0 Å². The topological polar surface area (TPSA) is 62.5 Å². The third-order valence-electron chi connectivity index (χ3n) is 4.00. The maximum absolute atomic E-state index is 5.25. The lowest BCUT2D eigenvalue weighted by atomic mass is 10.00. The number of aliphatic imine (C=N–C) groups is 1. The largest absolute Gasteiger partial charge is 0.361 e. The van der Waals surface area contributed by atoms with Gasteiger partial charge in [-0.05, 0) is 32.8 Å². The fourth-order valence-electron chi connectivity index (χ4n) is 2.82. The van der Waals surface area contributed by atoms with Gasteiger partial charge < -0.3 is 15.2 Å². The van der Waals surface area contributed by atoms with Gasteiger partial charge in [0.1, 0.15) is 5.76 Å². The molecule has 0 aliphatic carbocycles. The minimum Gasteiger partial charge on any atom is -0.361 e. The highest BCUT2D eigenvalue weighted by molar-refractivity contribution is 14.0. The maximum atomic E-state index is 5.25. The molecule has 0 aliphatic rings. The molecule has 25 heavy (non-hydrogen) atoms. The van der Waals surface area contributed by atoms with Gasteiger partial charge in [-0.1, -0.05) is 42.4 Å². The van der Waals surface area contributed by atoms with Crippen LogP contribution < -0.4 is 10.6 Å². The molecule has 0 saturated carbocycles. The Bertz CT molecular complexity index is 635. The molecule has 0 fully saturated rings. The second-order valence-corrected chi connectivity index (χ2v) is 6.02. The Kier molecular flexibility index (Phi) is 9.55. The second kappa shape index (κ2) is 11.1. The van der Waals surface area contributed by atoms with Crippen LogP contribution in [-0.4, -0.2) is 30.8 Å². The van der Waals surface area contributed by atoms with Crippen LogP contribution in [-0.2, 0) is 6.42 Å². The van der Waals surface area contributed by atoms with Gasteiger partial charge in [0.2, 0.25) is 0 Å². The van der Waals surface area contributed by atoms with E-state index in [2.05, 4.69) is 53.9 Å². The zero-order valence-corrected chi connectivity index (χ0v) is 17.8. The van der Waals surface area contributed by atoms with Crippen LogP contribution in [0.5, 0.6) is 0 Å². The van der Waals surface area contributed by atoms with Gasteiger partial charge in [-0.15, -0.1) is 24.0 Å². The second-order valence-electron chi connectivity index (χ2n) is 6.02. The molecule has 1 unspecified atom stereocenters. The van der Waals surface area contributed by atoms with Crippen molar-refractivity contribution in [3.8, 4) is 0 Å². The normalized spacial score (nSPS) is 12.4. The SMILES string of the molecule is CCNC(=NCC(C)c1c(C)noc1C)NCCc1ccccc1.I. The molecule has 1 atom stereocenters. The number of nitrogens with zero attached hydrogens (tertiary/aromatic N) is 2. The minimum absolute atomic E-state index is 0. The first-order valence-electron chi connectivity index (χ1n) is 8.60. The molecule has 138 valence electrons. The van der Waals surface area contributed by atoms with Crippen molar-refractivity contribution in [3.05, 3.63) is 52.9 Å². The van der Waals surface area contributed by atoms with Crippen LogP contribution >= 0.6 is 24.0 Å². The van der Waals surface area contributed by atoms with Gasteiger partial charge in [0.05, 0.1) is 5.69 Å². The third-order valence-corrected chi connectivity index (χ3v) is 4.00. The van der Waals surface area contributed by atoms with E-state index in [9.17, 15) is 0 Å². The molecule has 2 N–H and O–H groups in total. The first-order valence-corrected chi connectivity index (χ1v) is 8.60. The van der Waals surface area contributed by atoms with Crippen LogP contribution in [0.25, 0.3) is 0 Å². The molecule has 0 spiro atoms. The molecule has 1 aromatic carbocycles. The smallest absolute Gasteiger partial charge is 0.191 e. The first kappa shape index (κ1) is 21.5. The number of guanidine groups is 1. The quantitative estimate of drug-likeness (QED) is 0.378. The number of nitrogens with one attached hydrogen (secondary N) is 2. The Hall–Kier alpha value is -1.57. The van der Waals surface area contributed by atoms with Gasteiger partial charge in [0.25, 0.3) is 0 Å². The number of benzene rings is 1. The standard InChI is InChI=1S/C19H28N4O.HI/c1-5-20-19(21-12-11-17-9-7-6-8-10-17)22-13-14(2)18-15(3)23-24-16(18)4;/h6-10,14H,5,11-13H2,1-4H3,(H2,20,21,22);1H. The molecular weight excluding hydrogens is 427 g/mol. The Labute approximate surface area is 167 Å². The first-order chi connectivity index (χ1) is 11.6.